The van der Waals surface area contributed by atoms with Gasteiger partial charge in [0, 0.05) is 69.1 Å². The van der Waals surface area contributed by atoms with Crippen LogP contribution in [0, 0.1) is 23.7 Å². The molecule has 582 valence electrons. The van der Waals surface area contributed by atoms with Gasteiger partial charge < -0.3 is 104 Å². The molecule has 0 saturated carbocycles. The van der Waals surface area contributed by atoms with Gasteiger partial charge in [0.25, 0.3) is 0 Å². The topological polar surface area (TPSA) is 567 Å². The molecule has 0 aromatic carbocycles. The van der Waals surface area contributed by atoms with Crippen LogP contribution in [0.1, 0.15) is 151 Å². The molecule has 105 heavy (non-hydrogen) atoms. The molecule has 1 unspecified atom stereocenters. The lowest BCUT2D eigenvalue weighted by molar-refractivity contribution is -0.144. The number of imidazole rings is 2. The quantitative estimate of drug-likeness (QED) is 0.0301. The first-order valence-electron chi connectivity index (χ1n) is 35.5. The predicted octanol–water partition coefficient (Wildman–Crippen LogP) is -4.07. The van der Waals surface area contributed by atoms with E-state index in [1.165, 1.54) is 41.8 Å². The van der Waals surface area contributed by atoms with Gasteiger partial charge in [-0.05, 0) is 82.0 Å². The lowest BCUT2D eigenvalue weighted by Gasteiger charge is -2.33. The molecule has 0 radical (unpaired) electrons. The summed E-state index contributed by atoms with van der Waals surface area (Å²) in [6.45, 7) is 14.0. The van der Waals surface area contributed by atoms with Gasteiger partial charge in [-0.15, -0.1) is 0 Å². The van der Waals surface area contributed by atoms with Crippen LogP contribution in [-0.2, 0) is 89.6 Å². The number of hydrogen-bond donors (Lipinski definition) is 17. The zero-order valence-corrected chi connectivity index (χ0v) is 60.7. The van der Waals surface area contributed by atoms with Gasteiger partial charge in [0.1, 0.15) is 72.5 Å². The van der Waals surface area contributed by atoms with Crippen LogP contribution in [0.25, 0.3) is 0 Å². The molecular formula is C67H104N18O20. The summed E-state index contributed by atoms with van der Waals surface area (Å²) >= 11 is 0. The van der Waals surface area contributed by atoms with Crippen LogP contribution in [0.15, 0.2) is 25.0 Å². The normalized spacial score (nSPS) is 19.1. The van der Waals surface area contributed by atoms with E-state index < -0.39 is 229 Å². The summed E-state index contributed by atoms with van der Waals surface area (Å²) in [6.07, 6.45) is 3.57. The summed E-state index contributed by atoms with van der Waals surface area (Å²) in [7, 11) is 0. The molecule has 3 aliphatic rings. The molecule has 5 heterocycles. The predicted molar refractivity (Wildman–Crippen MR) is 370 cm³/mol. The summed E-state index contributed by atoms with van der Waals surface area (Å²) in [5.74, 6) is -17.3. The Balaban J connectivity index is 1.23. The molecule has 15 atom stereocenters. The molecule has 38 nitrogen and oxygen atoms in total. The molecule has 2 aromatic heterocycles. The Morgan fingerprint density at radius 2 is 0.867 bits per heavy atom. The number of nitrogens with two attached hydrogens (primary N) is 1. The minimum atomic E-state index is -1.75. The van der Waals surface area contributed by atoms with E-state index in [0.29, 0.717) is 43.6 Å². The number of nitrogens with one attached hydrogen (secondary N) is 12. The van der Waals surface area contributed by atoms with Crippen LogP contribution in [0.5, 0.6) is 0 Å². The van der Waals surface area contributed by atoms with Crippen LogP contribution in [0.2, 0.25) is 0 Å². The molecule has 0 spiro atoms. The fraction of sp³-hybridized carbons (Fsp3) is 0.672. The van der Waals surface area contributed by atoms with E-state index in [1.54, 1.807) is 55.4 Å². The summed E-state index contributed by atoms with van der Waals surface area (Å²) in [4.78, 5) is 234. The number of aromatic nitrogens is 4. The Bertz CT molecular complexity index is 3390. The lowest BCUT2D eigenvalue weighted by atomic mass is 9.94. The second-order valence-corrected chi connectivity index (χ2v) is 27.5. The zero-order valence-electron chi connectivity index (χ0n) is 60.7. The fourth-order valence-corrected chi connectivity index (χ4v) is 12.6. The van der Waals surface area contributed by atoms with Crippen molar-refractivity contribution in [3.05, 3.63) is 36.4 Å². The summed E-state index contributed by atoms with van der Waals surface area (Å²) in [6, 6.07) is -16.4. The van der Waals surface area contributed by atoms with Gasteiger partial charge in [0.15, 0.2) is 0 Å². The number of H-pyrrole nitrogens is 2. The van der Waals surface area contributed by atoms with Crippen molar-refractivity contribution >= 4 is 94.7 Å². The van der Waals surface area contributed by atoms with Crippen LogP contribution < -0.4 is 58.9 Å². The van der Waals surface area contributed by atoms with Crippen molar-refractivity contribution in [2.45, 2.75) is 231 Å². The number of carbonyl (C=O) groups is 16. The first-order chi connectivity index (χ1) is 49.6. The highest BCUT2D eigenvalue weighted by Crippen LogP contribution is 2.24. The molecule has 38 heteroatoms. The number of aromatic amines is 2. The molecule has 18 N–H and O–H groups in total. The number of carboxylic acids is 3. The van der Waals surface area contributed by atoms with Gasteiger partial charge in [0.05, 0.1) is 31.8 Å². The maximum absolute atomic E-state index is 14.5. The van der Waals surface area contributed by atoms with Crippen LogP contribution in [0.4, 0.5) is 0 Å². The van der Waals surface area contributed by atoms with Gasteiger partial charge >= 0.3 is 17.9 Å². The second-order valence-electron chi connectivity index (χ2n) is 27.5. The second kappa shape index (κ2) is 40.8. The van der Waals surface area contributed by atoms with Crippen molar-refractivity contribution in [1.82, 2.24) is 87.8 Å². The number of aliphatic hydroxyl groups excluding tert-OH is 1. The Kier molecular flexibility index (Phi) is 33.2. The molecule has 13 amide bonds. The van der Waals surface area contributed by atoms with Crippen molar-refractivity contribution in [3.8, 4) is 0 Å². The molecular weight excluding hydrogens is 1380 g/mol. The van der Waals surface area contributed by atoms with Crippen LogP contribution >= 0.6 is 0 Å². The Morgan fingerprint density at radius 1 is 0.476 bits per heavy atom. The minimum Gasteiger partial charge on any atom is -0.481 e. The summed E-state index contributed by atoms with van der Waals surface area (Å²) < 4.78 is 0. The van der Waals surface area contributed by atoms with Crippen molar-refractivity contribution in [1.29, 1.82) is 0 Å². The molecule has 3 aliphatic heterocycles. The Morgan fingerprint density at radius 3 is 1.30 bits per heavy atom. The van der Waals surface area contributed by atoms with Gasteiger partial charge in [0.2, 0.25) is 76.8 Å². The first-order valence-corrected chi connectivity index (χ1v) is 35.5. The SMILES string of the molecule is CC[C@H](C)[C@H](NC(=O)[C@@H](NC(=O)[C@@H]1CCCN1C(=O)[C@H](Cc1cnc[nH]1)NC(=O)[C@@H]1CCCN1C(=O)CN)C(C)C)C(=O)N[C@H](C(=O)N[C@H](C(=O)N[C@H](C(=O)NCC(=O)N1CCC[C@H]1C(=O)N[C@@H](Cc1cnc[nH]1)C(=O)N[C@@H](CCC(=O)O)C(=O)N[C@@H](CCC(=O)O)C(=O)O)C(C)O)[C@@H](C)CC)C(C)C. The average molecular weight is 1480 g/mol. The van der Waals surface area contributed by atoms with E-state index in [4.69, 9.17) is 10.8 Å². The molecule has 3 saturated heterocycles. The number of rotatable bonds is 41. The summed E-state index contributed by atoms with van der Waals surface area (Å²) in [5, 5.41) is 64.7. The monoisotopic (exact) mass is 1480 g/mol. The minimum absolute atomic E-state index is 0.0134. The van der Waals surface area contributed by atoms with Gasteiger partial charge in [-0.3, -0.25) is 71.9 Å². The molecule has 0 aliphatic carbocycles. The maximum atomic E-state index is 14.5. The number of carbonyl (C=O) groups excluding carboxylic acids is 13. The van der Waals surface area contributed by atoms with Gasteiger partial charge in [-0.2, -0.15) is 0 Å². The Hall–Kier alpha value is -10.1. The highest BCUT2D eigenvalue weighted by Gasteiger charge is 2.44. The third-order valence-electron chi connectivity index (χ3n) is 19.1. The van der Waals surface area contributed by atoms with E-state index in [1.807, 2.05) is 0 Å². The van der Waals surface area contributed by atoms with Gasteiger partial charge in [-0.1, -0.05) is 68.2 Å². The molecule has 3 fully saturated rings. The van der Waals surface area contributed by atoms with E-state index in [0.717, 1.165) is 4.90 Å². The van der Waals surface area contributed by atoms with E-state index in [2.05, 4.69) is 73.1 Å². The number of aliphatic hydroxyl groups is 1. The van der Waals surface area contributed by atoms with Gasteiger partial charge in [-0.25, -0.2) is 14.8 Å². The van der Waals surface area contributed by atoms with Crippen LogP contribution in [0.3, 0.4) is 0 Å². The number of aliphatic carboxylic acids is 3. The maximum Gasteiger partial charge on any atom is 0.326 e. The number of nitrogens with zero attached hydrogens (tertiary/aromatic N) is 5. The van der Waals surface area contributed by atoms with E-state index >= 15 is 0 Å². The zero-order chi connectivity index (χ0) is 78.1. The number of amides is 13. The Labute approximate surface area is 606 Å². The van der Waals surface area contributed by atoms with Crippen molar-refractivity contribution in [3.63, 3.8) is 0 Å². The molecule has 5 rings (SSSR count). The third-order valence-corrected chi connectivity index (χ3v) is 19.1. The molecule has 0 bridgehead atoms. The van der Waals surface area contributed by atoms with Crippen molar-refractivity contribution < 1.29 is 97.1 Å². The third kappa shape index (κ3) is 24.8. The molecule has 2 aromatic rings. The number of likely N-dealkylation sites (tertiary alicyclic amines) is 3. The first kappa shape index (κ1) is 85.5. The summed E-state index contributed by atoms with van der Waals surface area (Å²) in [5.41, 5.74) is 6.43. The van der Waals surface area contributed by atoms with E-state index in [9.17, 15) is 92.0 Å². The standard InChI is InChI=1S/C67H104N18O20/c1-10-35(7)53(80-62(99)51(33(3)4)78-60(97)46-17-14-24-85(46)66(103)43(26-39-29-70-32-73-39)77-59(96)44-15-12-22-83(44)47(87)27-68)64(101)79-52(34(5)6)63(100)81-54(36(8)11-2)65(102)82-55(37(9)86)61(98)71-30-48(88)84-23-13-16-45(84)58(95)76-42(25-38-28-69-31-72-38)57(94)74-40(18-20-49(89)90)56(93)75-41(67(104)105)19-21-50(91)92/h28-29,31-37,40-46,51-55,86H,10-27,30,68H2,1-9H3,(H,69,72)(H,70,73)(H,71,98)(H,74,94)(H,75,93)(H,76,95)(H,77,96)(H,78,97)(H,79,101)(H,80,99)(H,81,100)(H,82,102)(H,89,90)(H,91,92)(H,104,105)/t35-,36-,37?,40-,41-,42-,43-,44-,45-,46-,51-,52-,53-,54-,55-/m0/s1. The van der Waals surface area contributed by atoms with E-state index in [-0.39, 0.29) is 58.2 Å². The number of hydrogen-bond acceptors (Lipinski definition) is 20. The fourth-order valence-electron chi connectivity index (χ4n) is 12.6. The van der Waals surface area contributed by atoms with Crippen molar-refractivity contribution in [2.24, 2.45) is 29.4 Å². The highest BCUT2D eigenvalue weighted by atomic mass is 16.4. The number of carboxylic acid groups (broad SMARTS) is 3. The van der Waals surface area contributed by atoms with Crippen LogP contribution in [-0.4, -0.2) is 261 Å². The lowest BCUT2D eigenvalue weighted by Crippen LogP contribution is -2.63. The smallest absolute Gasteiger partial charge is 0.326 e. The largest absolute Gasteiger partial charge is 0.481 e. The highest BCUT2D eigenvalue weighted by molar-refractivity contribution is 6.00. The average Bonchev–Trinajstić information content (AvgIpc) is 1.70. The van der Waals surface area contributed by atoms with Crippen molar-refractivity contribution in [2.75, 3.05) is 32.7 Å².